The highest BCUT2D eigenvalue weighted by Gasteiger charge is 2.33. The smallest absolute Gasteiger partial charge is 0.311 e. The minimum Gasteiger partial charge on any atom is -0.481 e. The molecule has 0 aliphatic heterocycles. The van der Waals surface area contributed by atoms with Crippen LogP contribution in [-0.2, 0) is 17.8 Å². The summed E-state index contributed by atoms with van der Waals surface area (Å²) in [5.41, 5.74) is 1.45. The Labute approximate surface area is 123 Å². The van der Waals surface area contributed by atoms with E-state index in [-0.39, 0.29) is 6.54 Å². The van der Waals surface area contributed by atoms with E-state index in [1.807, 2.05) is 38.1 Å². The van der Waals surface area contributed by atoms with Gasteiger partial charge in [-0.15, -0.1) is 5.10 Å². The minimum absolute atomic E-state index is 0.271. The Morgan fingerprint density at radius 1 is 1.38 bits per heavy atom. The number of rotatable bonds is 6. The van der Waals surface area contributed by atoms with Crippen LogP contribution in [-0.4, -0.2) is 31.3 Å². The van der Waals surface area contributed by atoms with Gasteiger partial charge in [-0.2, -0.15) is 0 Å². The van der Waals surface area contributed by atoms with Crippen molar-refractivity contribution in [2.45, 2.75) is 40.2 Å². The van der Waals surface area contributed by atoms with Crippen molar-refractivity contribution in [3.8, 4) is 0 Å². The van der Waals surface area contributed by atoms with Crippen LogP contribution in [0.25, 0.3) is 0 Å². The van der Waals surface area contributed by atoms with Crippen molar-refractivity contribution in [1.29, 1.82) is 0 Å². The third-order valence-corrected chi connectivity index (χ3v) is 4.01. The van der Waals surface area contributed by atoms with E-state index in [1.165, 1.54) is 5.56 Å². The molecule has 0 fully saturated rings. The van der Waals surface area contributed by atoms with Gasteiger partial charge in [0.2, 0.25) is 0 Å². The third kappa shape index (κ3) is 3.26. The number of carboxylic acids is 1. The van der Waals surface area contributed by atoms with E-state index in [9.17, 15) is 9.90 Å². The Balaban J connectivity index is 2.23. The van der Waals surface area contributed by atoms with Crippen molar-refractivity contribution < 1.29 is 9.90 Å². The summed E-state index contributed by atoms with van der Waals surface area (Å²) >= 11 is 0. The van der Waals surface area contributed by atoms with E-state index in [4.69, 9.17) is 0 Å². The lowest BCUT2D eigenvalue weighted by Crippen LogP contribution is -2.33. The third-order valence-electron chi connectivity index (χ3n) is 4.01. The summed E-state index contributed by atoms with van der Waals surface area (Å²) in [4.78, 5) is 11.4. The number of tetrazole rings is 1. The lowest BCUT2D eigenvalue weighted by atomic mass is 9.88. The molecule has 0 aliphatic carbocycles. The SMILES string of the molecule is CCC(C)(Cn1nnnc1Cc1ccccc1C)C(=O)O. The Morgan fingerprint density at radius 2 is 2.10 bits per heavy atom. The molecule has 1 atom stereocenters. The zero-order chi connectivity index (χ0) is 15.5. The molecular formula is C15H20N4O2. The number of carboxylic acid groups (broad SMARTS) is 1. The van der Waals surface area contributed by atoms with Crippen LogP contribution in [0.3, 0.4) is 0 Å². The number of hydrogen-bond donors (Lipinski definition) is 1. The van der Waals surface area contributed by atoms with Crippen LogP contribution in [0.15, 0.2) is 24.3 Å². The maximum Gasteiger partial charge on any atom is 0.311 e. The minimum atomic E-state index is -0.865. The molecule has 0 radical (unpaired) electrons. The lowest BCUT2D eigenvalue weighted by Gasteiger charge is -2.22. The predicted molar refractivity (Wildman–Crippen MR) is 77.8 cm³/mol. The largest absolute Gasteiger partial charge is 0.481 e. The maximum absolute atomic E-state index is 11.4. The van der Waals surface area contributed by atoms with Gasteiger partial charge in [0.05, 0.1) is 12.0 Å². The molecule has 0 spiro atoms. The predicted octanol–water partition coefficient (Wildman–Crippen LogP) is 2.07. The number of carbonyl (C=O) groups is 1. The van der Waals surface area contributed by atoms with Crippen LogP contribution in [0, 0.1) is 12.3 Å². The van der Waals surface area contributed by atoms with E-state index in [2.05, 4.69) is 15.5 Å². The number of benzene rings is 1. The van der Waals surface area contributed by atoms with Crippen molar-refractivity contribution in [1.82, 2.24) is 20.2 Å². The molecule has 1 aromatic heterocycles. The summed E-state index contributed by atoms with van der Waals surface area (Å²) in [5, 5.41) is 21.1. The van der Waals surface area contributed by atoms with Gasteiger partial charge >= 0.3 is 5.97 Å². The quantitative estimate of drug-likeness (QED) is 0.880. The first-order valence-electron chi connectivity index (χ1n) is 6.99. The molecule has 2 aromatic rings. The second-order valence-electron chi connectivity index (χ2n) is 5.58. The Kier molecular flexibility index (Phi) is 4.35. The topological polar surface area (TPSA) is 80.9 Å². The molecule has 21 heavy (non-hydrogen) atoms. The fraction of sp³-hybridized carbons (Fsp3) is 0.467. The van der Waals surface area contributed by atoms with E-state index < -0.39 is 11.4 Å². The molecule has 1 aromatic carbocycles. The second kappa shape index (κ2) is 6.03. The molecular weight excluding hydrogens is 268 g/mol. The van der Waals surface area contributed by atoms with E-state index in [0.717, 1.165) is 5.56 Å². The molecule has 0 bridgehead atoms. The van der Waals surface area contributed by atoms with Gasteiger partial charge in [0.15, 0.2) is 5.82 Å². The second-order valence-corrected chi connectivity index (χ2v) is 5.58. The summed E-state index contributed by atoms with van der Waals surface area (Å²) < 4.78 is 1.60. The molecule has 0 saturated carbocycles. The monoisotopic (exact) mass is 288 g/mol. The van der Waals surface area contributed by atoms with E-state index in [1.54, 1.807) is 11.6 Å². The highest BCUT2D eigenvalue weighted by molar-refractivity contribution is 5.73. The molecule has 0 amide bonds. The van der Waals surface area contributed by atoms with Gasteiger partial charge in [-0.1, -0.05) is 31.2 Å². The van der Waals surface area contributed by atoms with Crippen LogP contribution in [0.1, 0.15) is 37.2 Å². The molecule has 6 heteroatoms. The molecule has 1 unspecified atom stereocenters. The molecule has 2 rings (SSSR count). The van der Waals surface area contributed by atoms with Crippen LogP contribution in [0.5, 0.6) is 0 Å². The number of aliphatic carboxylic acids is 1. The highest BCUT2D eigenvalue weighted by atomic mass is 16.4. The highest BCUT2D eigenvalue weighted by Crippen LogP contribution is 2.24. The number of nitrogens with zero attached hydrogens (tertiary/aromatic N) is 4. The molecule has 0 saturated heterocycles. The number of aryl methyl sites for hydroxylation is 1. The van der Waals surface area contributed by atoms with Crippen molar-refractivity contribution in [2.24, 2.45) is 5.41 Å². The lowest BCUT2D eigenvalue weighted by molar-refractivity contribution is -0.149. The van der Waals surface area contributed by atoms with Gasteiger partial charge in [-0.3, -0.25) is 4.79 Å². The molecule has 0 aliphatic rings. The van der Waals surface area contributed by atoms with Crippen LogP contribution < -0.4 is 0 Å². The molecule has 1 heterocycles. The fourth-order valence-corrected chi connectivity index (χ4v) is 2.11. The fourth-order valence-electron chi connectivity index (χ4n) is 2.11. The normalized spacial score (nSPS) is 13.9. The van der Waals surface area contributed by atoms with Crippen molar-refractivity contribution in [3.05, 3.63) is 41.2 Å². The maximum atomic E-state index is 11.4. The first-order chi connectivity index (χ1) is 9.96. The van der Waals surface area contributed by atoms with Gasteiger partial charge in [0.1, 0.15) is 0 Å². The summed E-state index contributed by atoms with van der Waals surface area (Å²) in [6.07, 6.45) is 1.12. The Morgan fingerprint density at radius 3 is 2.71 bits per heavy atom. The summed E-state index contributed by atoms with van der Waals surface area (Å²) in [5.74, 6) is -0.146. The first-order valence-corrected chi connectivity index (χ1v) is 6.99. The van der Waals surface area contributed by atoms with Gasteiger partial charge in [-0.05, 0) is 41.8 Å². The average molecular weight is 288 g/mol. The van der Waals surface area contributed by atoms with Gasteiger partial charge in [0, 0.05) is 6.42 Å². The molecule has 6 nitrogen and oxygen atoms in total. The van der Waals surface area contributed by atoms with Crippen LogP contribution in [0.2, 0.25) is 0 Å². The Bertz CT molecular complexity index is 638. The molecule has 1 N–H and O–H groups in total. The Hall–Kier alpha value is -2.24. The first kappa shape index (κ1) is 15.2. The number of hydrogen-bond acceptors (Lipinski definition) is 4. The zero-order valence-corrected chi connectivity index (χ0v) is 12.6. The average Bonchev–Trinajstić information content (AvgIpc) is 2.88. The van der Waals surface area contributed by atoms with Crippen molar-refractivity contribution in [2.75, 3.05) is 0 Å². The van der Waals surface area contributed by atoms with Gasteiger partial charge < -0.3 is 5.11 Å². The van der Waals surface area contributed by atoms with E-state index >= 15 is 0 Å². The zero-order valence-electron chi connectivity index (χ0n) is 12.6. The summed E-state index contributed by atoms with van der Waals surface area (Å²) in [6, 6.07) is 8.03. The van der Waals surface area contributed by atoms with Gasteiger partial charge in [-0.25, -0.2) is 4.68 Å². The summed E-state index contributed by atoms with van der Waals surface area (Å²) in [6.45, 7) is 5.89. The van der Waals surface area contributed by atoms with Gasteiger partial charge in [0.25, 0.3) is 0 Å². The summed E-state index contributed by atoms with van der Waals surface area (Å²) in [7, 11) is 0. The van der Waals surface area contributed by atoms with Crippen molar-refractivity contribution in [3.63, 3.8) is 0 Å². The standard InChI is InChI=1S/C15H20N4O2/c1-4-15(3,14(20)21)10-19-13(16-17-18-19)9-12-8-6-5-7-11(12)2/h5-8H,4,9-10H2,1-3H3,(H,20,21). The molecule has 112 valence electrons. The number of aromatic nitrogens is 4. The van der Waals surface area contributed by atoms with E-state index in [0.29, 0.717) is 18.7 Å². The van der Waals surface area contributed by atoms with Crippen LogP contribution >= 0.6 is 0 Å². The van der Waals surface area contributed by atoms with Crippen molar-refractivity contribution >= 4 is 5.97 Å². The van der Waals surface area contributed by atoms with Crippen LogP contribution in [0.4, 0.5) is 0 Å².